The molecule has 0 bridgehead atoms. The van der Waals surface area contributed by atoms with Crippen LogP contribution in [0.2, 0.25) is 0 Å². The highest BCUT2D eigenvalue weighted by atomic mass is 19.1. The third-order valence-electron chi connectivity index (χ3n) is 9.53. The number of aliphatic hydroxyl groups is 1. The first-order chi connectivity index (χ1) is 22.2. The number of nitrogens with zero attached hydrogens (tertiary/aromatic N) is 6. The molecule has 1 N–H and O–H groups in total. The maximum atomic E-state index is 14.9. The minimum Gasteiger partial charge on any atom is -0.488 e. The molecular weight excluding hydrogens is 594 g/mol. The summed E-state index contributed by atoms with van der Waals surface area (Å²) in [6.07, 6.45) is 8.58. The first-order valence-corrected chi connectivity index (χ1v) is 15.8. The van der Waals surface area contributed by atoms with Crippen LogP contribution in [0.4, 0.5) is 26.0 Å². The highest BCUT2D eigenvalue weighted by Gasteiger charge is 2.44. The second kappa shape index (κ2) is 12.2. The molecule has 2 fully saturated rings. The maximum Gasteiger partial charge on any atom is 0.316 e. The number of halogens is 2. The molecule has 2 saturated heterocycles. The van der Waals surface area contributed by atoms with Gasteiger partial charge in [0.1, 0.15) is 31.0 Å². The summed E-state index contributed by atoms with van der Waals surface area (Å²) in [5.41, 5.74) is 2.40. The summed E-state index contributed by atoms with van der Waals surface area (Å²) < 4.78 is 47.3. The van der Waals surface area contributed by atoms with Crippen molar-refractivity contribution in [3.8, 4) is 24.1 Å². The van der Waals surface area contributed by atoms with Crippen LogP contribution in [0, 0.1) is 18.2 Å². The lowest BCUT2D eigenvalue weighted by atomic mass is 9.93. The van der Waals surface area contributed by atoms with Crippen LogP contribution in [0.1, 0.15) is 37.1 Å². The quantitative estimate of drug-likeness (QED) is 0.408. The molecule has 7 rings (SSSR count). The molecule has 0 saturated carbocycles. The van der Waals surface area contributed by atoms with E-state index in [4.69, 9.17) is 25.6 Å². The van der Waals surface area contributed by atoms with E-state index in [1.165, 1.54) is 6.07 Å². The molecule has 12 heteroatoms. The van der Waals surface area contributed by atoms with E-state index in [1.807, 2.05) is 28.9 Å². The van der Waals surface area contributed by atoms with E-state index in [-0.39, 0.29) is 43.2 Å². The lowest BCUT2D eigenvalue weighted by molar-refractivity contribution is 0.0985. The van der Waals surface area contributed by atoms with Crippen LogP contribution < -0.4 is 24.2 Å². The van der Waals surface area contributed by atoms with Crippen LogP contribution in [-0.2, 0) is 17.6 Å². The van der Waals surface area contributed by atoms with E-state index >= 15 is 0 Å². The van der Waals surface area contributed by atoms with Crippen molar-refractivity contribution in [2.45, 2.75) is 63.0 Å². The van der Waals surface area contributed by atoms with Gasteiger partial charge in [0.2, 0.25) is 0 Å². The second-order valence-electron chi connectivity index (χ2n) is 12.9. The molecule has 5 atom stereocenters. The van der Waals surface area contributed by atoms with Crippen LogP contribution in [0.15, 0.2) is 36.7 Å². The molecule has 0 radical (unpaired) electrons. The monoisotopic (exact) mass is 632 g/mol. The summed E-state index contributed by atoms with van der Waals surface area (Å²) >= 11 is 0. The van der Waals surface area contributed by atoms with E-state index in [1.54, 1.807) is 18.5 Å². The maximum absolute atomic E-state index is 14.9. The third-order valence-corrected chi connectivity index (χ3v) is 9.53. The van der Waals surface area contributed by atoms with E-state index in [0.29, 0.717) is 56.3 Å². The van der Waals surface area contributed by atoms with Gasteiger partial charge in [0.25, 0.3) is 0 Å². The molecule has 2 aromatic heterocycles. The van der Waals surface area contributed by atoms with Crippen LogP contribution >= 0.6 is 0 Å². The molecule has 10 nitrogen and oxygen atoms in total. The largest absolute Gasteiger partial charge is 0.488 e. The van der Waals surface area contributed by atoms with Crippen LogP contribution in [0.5, 0.6) is 11.8 Å². The first-order valence-electron chi connectivity index (χ1n) is 15.8. The number of hydrogen-bond acceptors (Lipinski definition) is 10. The van der Waals surface area contributed by atoms with Crippen molar-refractivity contribution in [2.75, 3.05) is 60.8 Å². The minimum atomic E-state index is -1.02. The van der Waals surface area contributed by atoms with Crippen molar-refractivity contribution >= 4 is 17.2 Å². The van der Waals surface area contributed by atoms with Crippen molar-refractivity contribution in [3.63, 3.8) is 0 Å². The Morgan fingerprint density at radius 1 is 1.13 bits per heavy atom. The van der Waals surface area contributed by atoms with E-state index < -0.39 is 23.6 Å². The molecule has 4 aliphatic rings. The highest BCUT2D eigenvalue weighted by Crippen LogP contribution is 2.38. The molecule has 0 aliphatic carbocycles. The van der Waals surface area contributed by atoms with Crippen LogP contribution in [0.3, 0.4) is 0 Å². The zero-order valence-electron chi connectivity index (χ0n) is 26.0. The molecule has 46 heavy (non-hydrogen) atoms. The number of hydrogen-bond donors (Lipinski definition) is 1. The number of ether oxygens (including phenoxy) is 3. The van der Waals surface area contributed by atoms with E-state index in [2.05, 4.69) is 27.7 Å². The van der Waals surface area contributed by atoms with Gasteiger partial charge in [0, 0.05) is 32.4 Å². The van der Waals surface area contributed by atoms with Gasteiger partial charge in [-0.05, 0) is 37.6 Å². The Kier molecular flexibility index (Phi) is 8.07. The number of fused-ring (bicyclic) bond motifs is 2. The predicted molar refractivity (Wildman–Crippen MR) is 169 cm³/mol. The SMILES string of the molecule is C#Cc1c(F)ccc2c1N([C@@H]1COc3cnc(OC[C@]4(C)C[C@@H](F)CN4c4ccc(N5CCOC[C@H]5C)nc4)nc3C1)C[C@H](O)C2. The molecule has 6 heterocycles. The van der Waals surface area contributed by atoms with Gasteiger partial charge in [-0.25, -0.2) is 13.8 Å². The number of aliphatic hydroxyl groups excluding tert-OH is 1. The normalized spacial score (nSPS) is 27.4. The number of alkyl halides is 1. The van der Waals surface area contributed by atoms with Gasteiger partial charge in [-0.3, -0.25) is 0 Å². The van der Waals surface area contributed by atoms with E-state index in [9.17, 15) is 13.9 Å². The fraction of sp³-hybridized carbons (Fsp3) is 0.500. The number of pyridine rings is 1. The van der Waals surface area contributed by atoms with Gasteiger partial charge >= 0.3 is 6.01 Å². The van der Waals surface area contributed by atoms with Crippen molar-refractivity contribution in [1.29, 1.82) is 0 Å². The minimum absolute atomic E-state index is 0.162. The smallest absolute Gasteiger partial charge is 0.316 e. The summed E-state index contributed by atoms with van der Waals surface area (Å²) in [7, 11) is 0. The number of morpholine rings is 1. The topological polar surface area (TPSA) is 96.3 Å². The molecule has 3 aromatic rings. The summed E-state index contributed by atoms with van der Waals surface area (Å²) in [5, 5.41) is 10.6. The van der Waals surface area contributed by atoms with Crippen LogP contribution in [0.25, 0.3) is 0 Å². The number of anilines is 3. The Labute approximate surface area is 267 Å². The van der Waals surface area contributed by atoms with Gasteiger partial charge in [0.15, 0.2) is 5.75 Å². The Bertz CT molecular complexity index is 1640. The fourth-order valence-corrected chi connectivity index (χ4v) is 7.22. The Hall–Kier alpha value is -4.21. The average Bonchev–Trinajstić information content (AvgIpc) is 3.37. The zero-order chi connectivity index (χ0) is 32.0. The predicted octanol–water partition coefficient (Wildman–Crippen LogP) is 3.33. The molecule has 0 unspecified atom stereocenters. The number of β-amino-alcohol motifs (C(OH)–C–C–N with tert-alkyl or cyclic N) is 1. The lowest BCUT2D eigenvalue weighted by Crippen LogP contribution is -2.50. The van der Waals surface area contributed by atoms with Crippen molar-refractivity contribution in [3.05, 3.63) is 59.3 Å². The molecular formula is C34H38F2N6O4. The van der Waals surface area contributed by atoms with Gasteiger partial charge in [0.05, 0.1) is 78.5 Å². The molecule has 0 spiro atoms. The third kappa shape index (κ3) is 5.67. The number of terminal acetylenes is 1. The second-order valence-corrected chi connectivity index (χ2v) is 12.9. The first kappa shape index (κ1) is 30.4. The van der Waals surface area contributed by atoms with Crippen molar-refractivity contribution in [1.82, 2.24) is 15.0 Å². The Morgan fingerprint density at radius 2 is 2.00 bits per heavy atom. The average molecular weight is 633 g/mol. The van der Waals surface area contributed by atoms with Gasteiger partial charge in [-0.1, -0.05) is 12.0 Å². The van der Waals surface area contributed by atoms with Crippen molar-refractivity contribution < 1.29 is 28.1 Å². The number of aromatic nitrogens is 3. The fourth-order valence-electron chi connectivity index (χ4n) is 7.22. The summed E-state index contributed by atoms with van der Waals surface area (Å²) in [6, 6.07) is 7.14. The molecule has 4 aliphatic heterocycles. The Balaban J connectivity index is 1.06. The summed E-state index contributed by atoms with van der Waals surface area (Å²) in [6.45, 7) is 7.18. The van der Waals surface area contributed by atoms with Gasteiger partial charge in [-0.15, -0.1) is 6.42 Å². The lowest BCUT2D eigenvalue weighted by Gasteiger charge is -2.41. The van der Waals surface area contributed by atoms with E-state index in [0.717, 1.165) is 23.6 Å². The standard InChI is InChI=1S/C34H38F2N6O4/c1-4-27-28(36)7-5-22-11-26(43)17-41(32(22)27)25-12-29-30(45-19-25)15-38-33(39-29)46-20-34(3)13-23(35)16-42(34)24-6-8-31(37-14-24)40-9-10-44-18-21(40)2/h1,5-8,14-15,21,23,25-26,43H,9-13,16-20H2,2-3H3/t21-,23-,25+,26-,34+/m1/s1. The number of rotatable bonds is 6. The van der Waals surface area contributed by atoms with Crippen molar-refractivity contribution in [2.24, 2.45) is 0 Å². The van der Waals surface area contributed by atoms with Crippen LogP contribution in [-0.4, -0.2) is 96.0 Å². The Morgan fingerprint density at radius 3 is 2.78 bits per heavy atom. The molecule has 242 valence electrons. The molecule has 0 amide bonds. The zero-order valence-corrected chi connectivity index (χ0v) is 26.0. The van der Waals surface area contributed by atoms with Gasteiger partial charge < -0.3 is 34.0 Å². The summed E-state index contributed by atoms with van der Waals surface area (Å²) in [5.74, 6) is 3.44. The highest BCUT2D eigenvalue weighted by molar-refractivity contribution is 5.68. The number of benzene rings is 1. The summed E-state index contributed by atoms with van der Waals surface area (Å²) in [4.78, 5) is 19.9. The van der Waals surface area contributed by atoms with Gasteiger partial charge in [-0.2, -0.15) is 9.97 Å². The molecule has 1 aromatic carbocycles.